The second-order valence-electron chi connectivity index (χ2n) is 6.31. The van der Waals surface area contributed by atoms with Crippen LogP contribution in [0.2, 0.25) is 0 Å². The highest BCUT2D eigenvalue weighted by molar-refractivity contribution is 6.00. The van der Waals surface area contributed by atoms with Crippen LogP contribution in [0.4, 0.5) is 5.69 Å². The van der Waals surface area contributed by atoms with Crippen molar-refractivity contribution >= 4 is 17.5 Å². The third kappa shape index (κ3) is 2.38. The molecule has 2 amide bonds. The maximum atomic E-state index is 12.1. The second-order valence-corrected chi connectivity index (χ2v) is 6.31. The first-order valence-electron chi connectivity index (χ1n) is 7.86. The third-order valence-corrected chi connectivity index (χ3v) is 4.80. The van der Waals surface area contributed by atoms with Crippen molar-refractivity contribution in [3.05, 3.63) is 29.3 Å². The molecule has 1 unspecified atom stereocenters. The average Bonchev–Trinajstić information content (AvgIpc) is 2.87. The molecular formula is C16H20N4O2. The zero-order valence-electron chi connectivity index (χ0n) is 12.4. The number of carbonyl (C=O) groups excluding carboxylic acids is 2. The normalized spacial score (nSPS) is 25.5. The number of fused-ring (bicyclic) bond motifs is 1. The smallest absolute Gasteiger partial charge is 0.243 e. The molecule has 3 N–H and O–H groups in total. The maximum Gasteiger partial charge on any atom is 0.243 e. The molecule has 0 aliphatic carbocycles. The van der Waals surface area contributed by atoms with Crippen LogP contribution in [0.25, 0.3) is 0 Å². The fraction of sp³-hybridized carbons (Fsp3) is 0.500. The number of hydrogen-bond acceptors (Lipinski definition) is 5. The highest BCUT2D eigenvalue weighted by atomic mass is 16.2. The molecule has 3 aliphatic rings. The van der Waals surface area contributed by atoms with Gasteiger partial charge in [0.05, 0.1) is 12.1 Å². The lowest BCUT2D eigenvalue weighted by atomic mass is 10.0. The molecule has 22 heavy (non-hydrogen) atoms. The zero-order valence-corrected chi connectivity index (χ0v) is 12.4. The average molecular weight is 300 g/mol. The molecule has 0 aromatic heterocycles. The molecule has 0 bridgehead atoms. The van der Waals surface area contributed by atoms with E-state index in [4.69, 9.17) is 0 Å². The van der Waals surface area contributed by atoms with E-state index < -0.39 is 0 Å². The Bertz CT molecular complexity index is 627. The van der Waals surface area contributed by atoms with Gasteiger partial charge in [0.15, 0.2) is 0 Å². The van der Waals surface area contributed by atoms with E-state index in [1.165, 1.54) is 16.8 Å². The number of nitrogens with zero attached hydrogens (tertiary/aromatic N) is 1. The van der Waals surface area contributed by atoms with Gasteiger partial charge in [-0.25, -0.2) is 0 Å². The van der Waals surface area contributed by atoms with Gasteiger partial charge in [0, 0.05) is 38.3 Å². The van der Waals surface area contributed by atoms with Crippen molar-refractivity contribution in [1.82, 2.24) is 15.5 Å². The minimum atomic E-state index is -0.191. The fourth-order valence-corrected chi connectivity index (χ4v) is 3.44. The zero-order chi connectivity index (χ0) is 15.1. The van der Waals surface area contributed by atoms with Gasteiger partial charge in [-0.15, -0.1) is 0 Å². The van der Waals surface area contributed by atoms with Crippen molar-refractivity contribution < 1.29 is 9.59 Å². The van der Waals surface area contributed by atoms with E-state index >= 15 is 0 Å². The number of piperidine rings is 1. The van der Waals surface area contributed by atoms with E-state index in [-0.39, 0.29) is 17.9 Å². The van der Waals surface area contributed by atoms with E-state index in [2.05, 4.69) is 39.0 Å². The van der Waals surface area contributed by atoms with Gasteiger partial charge in [-0.1, -0.05) is 12.1 Å². The molecule has 6 heteroatoms. The quantitative estimate of drug-likeness (QED) is 0.695. The molecule has 2 fully saturated rings. The summed E-state index contributed by atoms with van der Waals surface area (Å²) in [7, 11) is 0. The number of carbonyl (C=O) groups is 2. The minimum Gasteiger partial charge on any atom is -0.379 e. The number of amides is 2. The van der Waals surface area contributed by atoms with Gasteiger partial charge in [-0.3, -0.25) is 19.8 Å². The molecule has 3 aliphatic heterocycles. The topological polar surface area (TPSA) is 73.5 Å². The molecule has 2 saturated heterocycles. The summed E-state index contributed by atoms with van der Waals surface area (Å²) >= 11 is 0. The van der Waals surface area contributed by atoms with E-state index in [0.717, 1.165) is 26.2 Å². The number of imide groups is 1. The Kier molecular flexibility index (Phi) is 3.35. The lowest BCUT2D eigenvalue weighted by molar-refractivity contribution is -0.137. The fourth-order valence-electron chi connectivity index (χ4n) is 3.44. The molecule has 116 valence electrons. The molecule has 6 nitrogen and oxygen atoms in total. The monoisotopic (exact) mass is 300 g/mol. The number of hydrogen-bond donors (Lipinski definition) is 3. The number of anilines is 1. The van der Waals surface area contributed by atoms with Crippen LogP contribution in [0.3, 0.4) is 0 Å². The molecule has 1 aromatic carbocycles. The van der Waals surface area contributed by atoms with Crippen molar-refractivity contribution in [2.45, 2.75) is 38.0 Å². The standard InChI is InChI=1S/C16H20N4O2/c21-15-5-4-14(16(22)19-15)20-8-10-2-1-3-13(12(10)9-20)18-11-6-17-7-11/h1-3,11,14,17-18H,4-9H2,(H,19,21,22). The Balaban J connectivity index is 1.51. The first-order chi connectivity index (χ1) is 10.7. The van der Waals surface area contributed by atoms with Crippen molar-refractivity contribution in [2.24, 2.45) is 0 Å². The molecule has 1 atom stereocenters. The van der Waals surface area contributed by atoms with Crippen LogP contribution < -0.4 is 16.0 Å². The molecule has 1 aromatic rings. The molecule has 0 radical (unpaired) electrons. The minimum absolute atomic E-state index is 0.151. The van der Waals surface area contributed by atoms with Crippen LogP contribution in [0.15, 0.2) is 18.2 Å². The second kappa shape index (κ2) is 5.37. The Morgan fingerprint density at radius 2 is 2.05 bits per heavy atom. The van der Waals surface area contributed by atoms with E-state index in [9.17, 15) is 9.59 Å². The van der Waals surface area contributed by atoms with Gasteiger partial charge >= 0.3 is 0 Å². The highest BCUT2D eigenvalue weighted by Gasteiger charge is 2.35. The summed E-state index contributed by atoms with van der Waals surface area (Å²) in [5.74, 6) is -0.306. The predicted octanol–water partition coefficient (Wildman–Crippen LogP) is 0.191. The van der Waals surface area contributed by atoms with Crippen LogP contribution in [0.1, 0.15) is 24.0 Å². The lowest BCUT2D eigenvalue weighted by Crippen LogP contribution is -2.51. The summed E-state index contributed by atoms with van der Waals surface area (Å²) in [6.45, 7) is 3.55. The Hall–Kier alpha value is -1.92. The van der Waals surface area contributed by atoms with Gasteiger partial charge in [0.1, 0.15) is 0 Å². The Labute approximate surface area is 129 Å². The van der Waals surface area contributed by atoms with Crippen molar-refractivity contribution in [1.29, 1.82) is 0 Å². The lowest BCUT2D eigenvalue weighted by Gasteiger charge is -2.30. The summed E-state index contributed by atoms with van der Waals surface area (Å²) in [6.07, 6.45) is 1.05. The third-order valence-electron chi connectivity index (χ3n) is 4.80. The summed E-state index contributed by atoms with van der Waals surface area (Å²) < 4.78 is 0. The summed E-state index contributed by atoms with van der Waals surface area (Å²) in [6, 6.07) is 6.62. The summed E-state index contributed by atoms with van der Waals surface area (Å²) in [4.78, 5) is 25.5. The SMILES string of the molecule is O=C1CCC(N2Cc3cccc(NC4CNC4)c3C2)C(=O)N1. The van der Waals surface area contributed by atoms with E-state index in [1.807, 2.05) is 0 Å². The van der Waals surface area contributed by atoms with Gasteiger partial charge in [0.25, 0.3) is 0 Å². The Morgan fingerprint density at radius 3 is 2.77 bits per heavy atom. The molecule has 0 spiro atoms. The predicted molar refractivity (Wildman–Crippen MR) is 82.1 cm³/mol. The number of benzene rings is 1. The van der Waals surface area contributed by atoms with Crippen LogP contribution in [0, 0.1) is 0 Å². The molecular weight excluding hydrogens is 280 g/mol. The van der Waals surface area contributed by atoms with E-state index in [1.54, 1.807) is 0 Å². The van der Waals surface area contributed by atoms with Crippen molar-refractivity contribution in [2.75, 3.05) is 18.4 Å². The van der Waals surface area contributed by atoms with E-state index in [0.29, 0.717) is 18.9 Å². The Morgan fingerprint density at radius 1 is 1.18 bits per heavy atom. The largest absolute Gasteiger partial charge is 0.379 e. The summed E-state index contributed by atoms with van der Waals surface area (Å²) in [5.41, 5.74) is 3.75. The first kappa shape index (κ1) is 13.7. The van der Waals surface area contributed by atoms with Crippen LogP contribution in [0.5, 0.6) is 0 Å². The van der Waals surface area contributed by atoms with Crippen molar-refractivity contribution in [3.63, 3.8) is 0 Å². The molecule has 0 saturated carbocycles. The molecule has 3 heterocycles. The molecule has 4 rings (SSSR count). The van der Waals surface area contributed by atoms with Gasteiger partial charge in [-0.2, -0.15) is 0 Å². The van der Waals surface area contributed by atoms with Crippen LogP contribution in [-0.4, -0.2) is 41.9 Å². The summed E-state index contributed by atoms with van der Waals surface area (Å²) in [5, 5.41) is 9.29. The maximum absolute atomic E-state index is 12.1. The highest BCUT2D eigenvalue weighted by Crippen LogP contribution is 2.32. The van der Waals surface area contributed by atoms with Crippen molar-refractivity contribution in [3.8, 4) is 0 Å². The van der Waals surface area contributed by atoms with Gasteiger partial charge in [-0.05, 0) is 23.6 Å². The van der Waals surface area contributed by atoms with Crippen LogP contribution in [-0.2, 0) is 22.7 Å². The number of nitrogens with one attached hydrogen (secondary N) is 3. The number of rotatable bonds is 3. The van der Waals surface area contributed by atoms with Crippen LogP contribution >= 0.6 is 0 Å². The first-order valence-corrected chi connectivity index (χ1v) is 7.86. The van der Waals surface area contributed by atoms with Gasteiger partial charge in [0.2, 0.25) is 11.8 Å². The van der Waals surface area contributed by atoms with Gasteiger partial charge < -0.3 is 10.6 Å².